The number of nitrogens with one attached hydrogen (secondary N) is 1. The number of hydrogen-bond donors (Lipinski definition) is 2. The van der Waals surface area contributed by atoms with Gasteiger partial charge in [0.2, 0.25) is 0 Å². The van der Waals surface area contributed by atoms with Crippen molar-refractivity contribution in [2.45, 2.75) is 31.8 Å². The van der Waals surface area contributed by atoms with Gasteiger partial charge in [-0.1, -0.05) is 12.1 Å². The summed E-state index contributed by atoms with van der Waals surface area (Å²) in [7, 11) is 1.54. The van der Waals surface area contributed by atoms with Crippen LogP contribution < -0.4 is 14.8 Å². The maximum Gasteiger partial charge on any atom is 0.274 e. The van der Waals surface area contributed by atoms with Crippen molar-refractivity contribution in [2.75, 3.05) is 12.4 Å². The highest BCUT2D eigenvalue weighted by Crippen LogP contribution is 2.32. The van der Waals surface area contributed by atoms with Crippen LogP contribution in [0.15, 0.2) is 36.5 Å². The van der Waals surface area contributed by atoms with Crippen molar-refractivity contribution in [1.29, 1.82) is 0 Å². The topological polar surface area (TPSA) is 80.7 Å². The standard InChI is InChI=1S/C18H20N2O4/c1-23-17-11-19-14(10-16(17)24-12-6-2-3-7-12)18(22)20-13-8-4-5-9-15(13)21/h4-5,8-12,21H,2-3,6-7H2,1H3,(H,20,22). The third-order valence-corrected chi connectivity index (χ3v) is 4.03. The van der Waals surface area contributed by atoms with Crippen LogP contribution in [0.1, 0.15) is 36.2 Å². The fourth-order valence-electron chi connectivity index (χ4n) is 2.75. The number of para-hydroxylation sites is 2. The highest BCUT2D eigenvalue weighted by molar-refractivity contribution is 6.03. The predicted molar refractivity (Wildman–Crippen MR) is 89.7 cm³/mol. The molecule has 3 rings (SSSR count). The van der Waals surface area contributed by atoms with Crippen molar-refractivity contribution in [2.24, 2.45) is 0 Å². The van der Waals surface area contributed by atoms with Crippen molar-refractivity contribution >= 4 is 11.6 Å². The van der Waals surface area contributed by atoms with Crippen LogP contribution in [0.3, 0.4) is 0 Å². The van der Waals surface area contributed by atoms with Gasteiger partial charge in [-0.05, 0) is 37.8 Å². The molecule has 1 aliphatic rings. The maximum absolute atomic E-state index is 12.4. The second kappa shape index (κ2) is 7.21. The minimum absolute atomic E-state index is 0.00166. The lowest BCUT2D eigenvalue weighted by molar-refractivity contribution is 0.102. The van der Waals surface area contributed by atoms with Crippen LogP contribution in [0.25, 0.3) is 0 Å². The van der Waals surface area contributed by atoms with Gasteiger partial charge < -0.3 is 19.9 Å². The molecule has 2 aromatic rings. The highest BCUT2D eigenvalue weighted by atomic mass is 16.5. The summed E-state index contributed by atoms with van der Waals surface area (Å²) in [5, 5.41) is 12.4. The van der Waals surface area contributed by atoms with E-state index in [9.17, 15) is 9.90 Å². The summed E-state index contributed by atoms with van der Waals surface area (Å²) < 4.78 is 11.2. The molecule has 0 saturated heterocycles. The van der Waals surface area contributed by atoms with Gasteiger partial charge in [0.25, 0.3) is 5.91 Å². The van der Waals surface area contributed by atoms with Crippen molar-refractivity contribution in [3.63, 3.8) is 0 Å². The van der Waals surface area contributed by atoms with Crippen LogP contribution >= 0.6 is 0 Å². The zero-order valence-corrected chi connectivity index (χ0v) is 13.5. The lowest BCUT2D eigenvalue weighted by Crippen LogP contribution is -2.16. The Kier molecular flexibility index (Phi) is 4.84. The highest BCUT2D eigenvalue weighted by Gasteiger charge is 2.20. The Labute approximate surface area is 140 Å². The summed E-state index contributed by atoms with van der Waals surface area (Å²) in [6.07, 6.45) is 5.94. The minimum atomic E-state index is -0.421. The second-order valence-electron chi connectivity index (χ2n) is 5.72. The third-order valence-electron chi connectivity index (χ3n) is 4.03. The molecule has 1 aromatic heterocycles. The molecule has 24 heavy (non-hydrogen) atoms. The van der Waals surface area contributed by atoms with Gasteiger partial charge in [-0.25, -0.2) is 4.98 Å². The number of rotatable bonds is 5. The van der Waals surface area contributed by atoms with E-state index >= 15 is 0 Å². The van der Waals surface area contributed by atoms with Gasteiger partial charge in [0.05, 0.1) is 25.1 Å². The fraction of sp³-hybridized carbons (Fsp3) is 0.333. The molecule has 2 N–H and O–H groups in total. The average Bonchev–Trinajstić information content (AvgIpc) is 3.10. The number of nitrogens with zero attached hydrogens (tertiary/aromatic N) is 1. The van der Waals surface area contributed by atoms with Crippen molar-refractivity contribution in [3.8, 4) is 17.2 Å². The number of ether oxygens (including phenoxy) is 2. The van der Waals surface area contributed by atoms with Crippen LogP contribution in [0, 0.1) is 0 Å². The quantitative estimate of drug-likeness (QED) is 0.823. The summed E-state index contributed by atoms with van der Waals surface area (Å²) in [5.74, 6) is 0.597. The Hall–Kier alpha value is -2.76. The number of anilines is 1. The van der Waals surface area contributed by atoms with Crippen LogP contribution in [0.4, 0.5) is 5.69 Å². The Morgan fingerprint density at radius 3 is 2.71 bits per heavy atom. The van der Waals surface area contributed by atoms with Crippen LogP contribution in [0.2, 0.25) is 0 Å². The maximum atomic E-state index is 12.4. The lowest BCUT2D eigenvalue weighted by atomic mass is 10.2. The number of carbonyl (C=O) groups is 1. The van der Waals surface area contributed by atoms with E-state index in [0.717, 1.165) is 25.7 Å². The summed E-state index contributed by atoms with van der Waals surface area (Å²) >= 11 is 0. The molecular weight excluding hydrogens is 308 g/mol. The molecule has 0 bridgehead atoms. The Balaban J connectivity index is 1.79. The molecule has 0 aliphatic heterocycles. The largest absolute Gasteiger partial charge is 0.506 e. The number of phenolic OH excluding ortho intramolecular Hbond substituents is 1. The third kappa shape index (κ3) is 3.59. The fourth-order valence-corrected chi connectivity index (χ4v) is 2.75. The van der Waals surface area contributed by atoms with Gasteiger partial charge in [-0.2, -0.15) is 0 Å². The first-order valence-electron chi connectivity index (χ1n) is 7.97. The molecule has 1 aliphatic carbocycles. The van der Waals surface area contributed by atoms with E-state index in [1.807, 2.05) is 0 Å². The lowest BCUT2D eigenvalue weighted by Gasteiger charge is -2.16. The zero-order valence-electron chi connectivity index (χ0n) is 13.5. The molecule has 1 heterocycles. The number of carbonyl (C=O) groups excluding carboxylic acids is 1. The van der Waals surface area contributed by atoms with E-state index in [2.05, 4.69) is 10.3 Å². The van der Waals surface area contributed by atoms with E-state index in [4.69, 9.17) is 9.47 Å². The van der Waals surface area contributed by atoms with Crippen molar-refractivity contribution in [1.82, 2.24) is 4.98 Å². The SMILES string of the molecule is COc1cnc(C(=O)Nc2ccccc2O)cc1OC1CCCC1. The normalized spacial score (nSPS) is 14.4. The van der Waals surface area contributed by atoms with Gasteiger partial charge in [-0.3, -0.25) is 4.79 Å². The first-order valence-corrected chi connectivity index (χ1v) is 7.97. The van der Waals surface area contributed by atoms with Gasteiger partial charge in [0.1, 0.15) is 11.4 Å². The number of phenols is 1. The number of pyridine rings is 1. The van der Waals surface area contributed by atoms with Gasteiger partial charge >= 0.3 is 0 Å². The number of aromatic hydroxyl groups is 1. The van der Waals surface area contributed by atoms with E-state index in [-0.39, 0.29) is 17.5 Å². The molecule has 0 radical (unpaired) electrons. The van der Waals surface area contributed by atoms with Crippen LogP contribution in [-0.2, 0) is 0 Å². The average molecular weight is 328 g/mol. The molecule has 1 fully saturated rings. The molecule has 6 nitrogen and oxygen atoms in total. The molecule has 1 amide bonds. The molecule has 6 heteroatoms. The van der Waals surface area contributed by atoms with Crippen molar-refractivity contribution in [3.05, 3.63) is 42.2 Å². The minimum Gasteiger partial charge on any atom is -0.506 e. The molecule has 0 atom stereocenters. The number of aromatic nitrogens is 1. The summed E-state index contributed by atoms with van der Waals surface area (Å²) in [4.78, 5) is 16.5. The van der Waals surface area contributed by atoms with E-state index < -0.39 is 5.91 Å². The Bertz CT molecular complexity index is 727. The Morgan fingerprint density at radius 1 is 1.25 bits per heavy atom. The molecular formula is C18H20N2O4. The Morgan fingerprint density at radius 2 is 2.00 bits per heavy atom. The first-order chi connectivity index (χ1) is 11.7. The van der Waals surface area contributed by atoms with Gasteiger partial charge in [-0.15, -0.1) is 0 Å². The van der Waals surface area contributed by atoms with Crippen molar-refractivity contribution < 1.29 is 19.4 Å². The number of amides is 1. The molecule has 0 spiro atoms. The second-order valence-corrected chi connectivity index (χ2v) is 5.72. The molecule has 126 valence electrons. The smallest absolute Gasteiger partial charge is 0.274 e. The zero-order chi connectivity index (χ0) is 16.9. The summed E-state index contributed by atoms with van der Waals surface area (Å²) in [6.45, 7) is 0. The van der Waals surface area contributed by atoms with E-state index in [0.29, 0.717) is 17.2 Å². The first kappa shape index (κ1) is 16.1. The van der Waals surface area contributed by atoms with E-state index in [1.54, 1.807) is 31.4 Å². The number of methoxy groups -OCH3 is 1. The number of benzene rings is 1. The molecule has 1 saturated carbocycles. The van der Waals surface area contributed by atoms with Gasteiger partial charge in [0.15, 0.2) is 11.5 Å². The summed E-state index contributed by atoms with van der Waals surface area (Å²) in [6, 6.07) is 8.11. The number of hydrogen-bond acceptors (Lipinski definition) is 5. The van der Waals surface area contributed by atoms with Crippen LogP contribution in [-0.4, -0.2) is 29.2 Å². The molecule has 1 aromatic carbocycles. The van der Waals surface area contributed by atoms with Crippen LogP contribution in [0.5, 0.6) is 17.2 Å². The molecule has 0 unspecified atom stereocenters. The van der Waals surface area contributed by atoms with Gasteiger partial charge in [0, 0.05) is 6.07 Å². The van der Waals surface area contributed by atoms with E-state index in [1.165, 1.54) is 12.3 Å². The summed E-state index contributed by atoms with van der Waals surface area (Å²) in [5.41, 5.74) is 0.533. The monoisotopic (exact) mass is 328 g/mol. The predicted octanol–water partition coefficient (Wildman–Crippen LogP) is 3.37.